The van der Waals surface area contributed by atoms with Gasteiger partial charge in [0.25, 0.3) is 0 Å². The number of aromatic nitrogens is 5. The molecule has 0 spiro atoms. The summed E-state index contributed by atoms with van der Waals surface area (Å²) in [7, 11) is 0. The van der Waals surface area contributed by atoms with E-state index in [0.29, 0.717) is 17.6 Å². The third kappa shape index (κ3) is 6.69. The minimum Gasteiger partial charge on any atom is -0.491 e. The van der Waals surface area contributed by atoms with Gasteiger partial charge in [0, 0.05) is 56.7 Å². The Morgan fingerprint density at radius 3 is 2.32 bits per heavy atom. The maximum atomic E-state index is 9.49. The van der Waals surface area contributed by atoms with Gasteiger partial charge in [-0.05, 0) is 23.3 Å². The predicted molar refractivity (Wildman–Crippen MR) is 144 cm³/mol. The fraction of sp³-hybridized carbons (Fsp3) is 0.296. The molecule has 38 heavy (non-hydrogen) atoms. The zero-order valence-corrected chi connectivity index (χ0v) is 20.9. The molecule has 2 aromatic heterocycles. The Kier molecular flexibility index (Phi) is 8.16. The second-order valence-electron chi connectivity index (χ2n) is 8.94. The number of hydrogen-bond donors (Lipinski definition) is 3. The molecule has 1 saturated heterocycles. The van der Waals surface area contributed by atoms with E-state index in [4.69, 9.17) is 9.84 Å². The summed E-state index contributed by atoms with van der Waals surface area (Å²) < 4.78 is 5.51. The third-order valence-electron chi connectivity index (χ3n) is 6.09. The first-order chi connectivity index (χ1) is 18.7. The average Bonchev–Trinajstić information content (AvgIpc) is 2.97. The Hall–Kier alpha value is -4.35. The lowest BCUT2D eigenvalue weighted by Crippen LogP contribution is -2.47. The largest absolute Gasteiger partial charge is 0.491 e. The molecule has 2 aromatic carbocycles. The van der Waals surface area contributed by atoms with Gasteiger partial charge in [0.2, 0.25) is 17.8 Å². The topological polar surface area (TPSA) is 133 Å². The molecule has 11 nitrogen and oxygen atoms in total. The van der Waals surface area contributed by atoms with E-state index in [1.54, 1.807) is 12.1 Å². The molecule has 1 aliphatic heterocycles. The molecule has 0 radical (unpaired) electrons. The van der Waals surface area contributed by atoms with Crippen molar-refractivity contribution in [1.29, 1.82) is 0 Å². The van der Waals surface area contributed by atoms with E-state index in [-0.39, 0.29) is 13.2 Å². The Labute approximate surface area is 220 Å². The van der Waals surface area contributed by atoms with Crippen LogP contribution in [0.3, 0.4) is 0 Å². The molecule has 3 N–H and O–H groups in total. The lowest BCUT2D eigenvalue weighted by Gasteiger charge is -2.34. The van der Waals surface area contributed by atoms with E-state index in [2.05, 4.69) is 52.2 Å². The van der Waals surface area contributed by atoms with Crippen molar-refractivity contribution >= 4 is 23.5 Å². The van der Waals surface area contributed by atoms with E-state index < -0.39 is 6.10 Å². The van der Waals surface area contributed by atoms with Crippen LogP contribution in [0.25, 0.3) is 0 Å². The molecule has 0 aliphatic carbocycles. The van der Waals surface area contributed by atoms with Crippen LogP contribution in [-0.4, -0.2) is 80.6 Å². The van der Waals surface area contributed by atoms with Crippen LogP contribution in [0.1, 0.15) is 11.1 Å². The van der Waals surface area contributed by atoms with E-state index in [9.17, 15) is 5.11 Å². The number of aliphatic hydroxyl groups excluding tert-OH is 2. The SMILES string of the molecule is OC[C@H](O)COc1cccc(Nc2ncnc(N3CCN(c4ncc(Cc5ccccc5)cn4)CC3)n2)c1. The molecule has 1 aliphatic rings. The summed E-state index contributed by atoms with van der Waals surface area (Å²) in [5.74, 6) is 2.30. The van der Waals surface area contributed by atoms with E-state index in [1.807, 2.05) is 42.7 Å². The molecular formula is C27H30N8O3. The van der Waals surface area contributed by atoms with Crippen LogP contribution < -0.4 is 19.9 Å². The normalized spacial score (nSPS) is 14.3. The lowest BCUT2D eigenvalue weighted by molar-refractivity contribution is 0.0536. The lowest BCUT2D eigenvalue weighted by atomic mass is 10.1. The van der Waals surface area contributed by atoms with Crippen LogP contribution in [0.2, 0.25) is 0 Å². The molecule has 0 saturated carbocycles. The van der Waals surface area contributed by atoms with Gasteiger partial charge in [-0.3, -0.25) is 0 Å². The molecule has 3 heterocycles. The Balaban J connectivity index is 1.15. The number of anilines is 4. The van der Waals surface area contributed by atoms with Crippen molar-refractivity contribution in [3.8, 4) is 5.75 Å². The van der Waals surface area contributed by atoms with Crippen LogP contribution in [0.15, 0.2) is 73.3 Å². The van der Waals surface area contributed by atoms with Crippen molar-refractivity contribution in [2.24, 2.45) is 0 Å². The highest BCUT2D eigenvalue weighted by Gasteiger charge is 2.21. The molecule has 1 atom stereocenters. The Morgan fingerprint density at radius 2 is 1.58 bits per heavy atom. The molecule has 0 bridgehead atoms. The van der Waals surface area contributed by atoms with Gasteiger partial charge >= 0.3 is 0 Å². The Bertz CT molecular complexity index is 1300. The van der Waals surface area contributed by atoms with E-state index >= 15 is 0 Å². The molecule has 0 amide bonds. The first-order valence-electron chi connectivity index (χ1n) is 12.5. The maximum absolute atomic E-state index is 9.49. The van der Waals surface area contributed by atoms with Crippen molar-refractivity contribution in [1.82, 2.24) is 24.9 Å². The monoisotopic (exact) mass is 514 g/mol. The molecule has 5 rings (SSSR count). The maximum Gasteiger partial charge on any atom is 0.232 e. The van der Waals surface area contributed by atoms with Crippen LogP contribution in [0, 0.1) is 0 Å². The van der Waals surface area contributed by atoms with Crippen LogP contribution in [-0.2, 0) is 6.42 Å². The van der Waals surface area contributed by atoms with E-state index in [0.717, 1.165) is 49.8 Å². The van der Waals surface area contributed by atoms with Crippen molar-refractivity contribution in [3.63, 3.8) is 0 Å². The minimum atomic E-state index is -0.927. The van der Waals surface area contributed by atoms with E-state index in [1.165, 1.54) is 11.9 Å². The number of hydrogen-bond acceptors (Lipinski definition) is 11. The van der Waals surface area contributed by atoms with Crippen LogP contribution >= 0.6 is 0 Å². The number of piperazine rings is 1. The van der Waals surface area contributed by atoms with Gasteiger partial charge in [0.05, 0.1) is 6.61 Å². The van der Waals surface area contributed by atoms with Crippen molar-refractivity contribution in [3.05, 3.63) is 84.4 Å². The number of rotatable bonds is 10. The number of nitrogens with one attached hydrogen (secondary N) is 1. The fourth-order valence-electron chi connectivity index (χ4n) is 4.08. The first kappa shape index (κ1) is 25.3. The fourth-order valence-corrected chi connectivity index (χ4v) is 4.08. The summed E-state index contributed by atoms with van der Waals surface area (Å²) >= 11 is 0. The highest BCUT2D eigenvalue weighted by molar-refractivity contribution is 5.56. The van der Waals surface area contributed by atoms with Gasteiger partial charge in [-0.25, -0.2) is 19.9 Å². The molecule has 1 fully saturated rings. The molecule has 11 heteroatoms. The first-order valence-corrected chi connectivity index (χ1v) is 12.5. The number of nitrogens with zero attached hydrogens (tertiary/aromatic N) is 7. The van der Waals surface area contributed by atoms with Crippen molar-refractivity contribution in [2.45, 2.75) is 12.5 Å². The van der Waals surface area contributed by atoms with Gasteiger partial charge < -0.3 is 30.1 Å². The zero-order valence-electron chi connectivity index (χ0n) is 20.9. The second kappa shape index (κ2) is 12.3. The summed E-state index contributed by atoms with van der Waals surface area (Å²) in [6.45, 7) is 2.62. The standard InChI is InChI=1S/C27H30N8O3/c36-17-23(37)18-38-24-8-4-7-22(14-24)32-25-30-19-31-27(33-25)35-11-9-34(10-12-35)26-28-15-21(16-29-26)13-20-5-2-1-3-6-20/h1-8,14-16,19,23,36-37H,9-13,17-18H2,(H,30,31,32,33)/t23-/m0/s1. The predicted octanol–water partition coefficient (Wildman–Crippen LogP) is 2.05. The smallest absolute Gasteiger partial charge is 0.232 e. The van der Waals surface area contributed by atoms with Gasteiger partial charge in [-0.2, -0.15) is 4.98 Å². The molecule has 0 unspecified atom stereocenters. The number of ether oxygens (including phenoxy) is 1. The summed E-state index contributed by atoms with van der Waals surface area (Å²) in [5, 5.41) is 21.6. The summed E-state index contributed by atoms with van der Waals surface area (Å²) in [5.41, 5.74) is 3.06. The van der Waals surface area contributed by atoms with Gasteiger partial charge in [-0.1, -0.05) is 36.4 Å². The van der Waals surface area contributed by atoms with Crippen molar-refractivity contribution < 1.29 is 14.9 Å². The molecule has 4 aromatic rings. The molecular weight excluding hydrogens is 484 g/mol. The van der Waals surface area contributed by atoms with Gasteiger partial charge in [0.15, 0.2) is 0 Å². The third-order valence-corrected chi connectivity index (χ3v) is 6.09. The highest BCUT2D eigenvalue weighted by Crippen LogP contribution is 2.21. The number of benzene rings is 2. The van der Waals surface area contributed by atoms with Crippen LogP contribution in [0.5, 0.6) is 5.75 Å². The Morgan fingerprint density at radius 1 is 0.842 bits per heavy atom. The van der Waals surface area contributed by atoms with Crippen LogP contribution in [0.4, 0.5) is 23.5 Å². The highest BCUT2D eigenvalue weighted by atomic mass is 16.5. The average molecular weight is 515 g/mol. The second-order valence-corrected chi connectivity index (χ2v) is 8.94. The summed E-state index contributed by atoms with van der Waals surface area (Å²) in [4.78, 5) is 26.7. The number of aliphatic hydroxyl groups is 2. The summed E-state index contributed by atoms with van der Waals surface area (Å²) in [6, 6.07) is 17.5. The zero-order chi connectivity index (χ0) is 26.2. The molecule has 196 valence electrons. The minimum absolute atomic E-state index is 0.00467. The quantitative estimate of drug-likeness (QED) is 0.287. The van der Waals surface area contributed by atoms with Crippen molar-refractivity contribution in [2.75, 3.05) is 54.5 Å². The summed E-state index contributed by atoms with van der Waals surface area (Å²) in [6.07, 6.45) is 5.18. The van der Waals surface area contributed by atoms with Gasteiger partial charge in [0.1, 0.15) is 24.8 Å². The van der Waals surface area contributed by atoms with Gasteiger partial charge in [-0.15, -0.1) is 0 Å².